The standard InChI is InChI=1S/C16H19N5/c1-12-9-14-16(19-10-12)21(8-3-2-6-17)15(20-14)13-5-4-7-18-11-13/h4-5,7,9-11H,2-3,6,8,17H2,1H3. The van der Waals surface area contributed by atoms with Crippen molar-refractivity contribution in [3.05, 3.63) is 42.4 Å². The average molecular weight is 281 g/mol. The van der Waals surface area contributed by atoms with Crippen LogP contribution >= 0.6 is 0 Å². The number of rotatable bonds is 5. The summed E-state index contributed by atoms with van der Waals surface area (Å²) < 4.78 is 2.17. The second-order valence-electron chi connectivity index (χ2n) is 5.18. The van der Waals surface area contributed by atoms with Crippen molar-refractivity contribution < 1.29 is 0 Å². The van der Waals surface area contributed by atoms with Crippen molar-refractivity contribution in [3.8, 4) is 11.4 Å². The monoisotopic (exact) mass is 281 g/mol. The van der Waals surface area contributed by atoms with E-state index in [1.165, 1.54) is 0 Å². The Bertz CT molecular complexity index is 733. The lowest BCUT2D eigenvalue weighted by molar-refractivity contribution is 0.628. The lowest BCUT2D eigenvalue weighted by Gasteiger charge is -2.08. The van der Waals surface area contributed by atoms with Gasteiger partial charge in [-0.1, -0.05) is 0 Å². The van der Waals surface area contributed by atoms with Gasteiger partial charge >= 0.3 is 0 Å². The molecule has 3 heterocycles. The predicted octanol–water partition coefficient (Wildman–Crippen LogP) is 2.54. The molecule has 0 radical (unpaired) electrons. The second kappa shape index (κ2) is 6.01. The van der Waals surface area contributed by atoms with E-state index in [-0.39, 0.29) is 0 Å². The minimum atomic E-state index is 0.710. The molecule has 0 fully saturated rings. The summed E-state index contributed by atoms with van der Waals surface area (Å²) in [5, 5.41) is 0. The van der Waals surface area contributed by atoms with Gasteiger partial charge in [-0.15, -0.1) is 0 Å². The molecule has 5 heteroatoms. The third-order valence-electron chi connectivity index (χ3n) is 3.48. The number of nitrogens with zero attached hydrogens (tertiary/aromatic N) is 4. The molecule has 21 heavy (non-hydrogen) atoms. The van der Waals surface area contributed by atoms with Crippen LogP contribution in [-0.2, 0) is 6.54 Å². The highest BCUT2D eigenvalue weighted by Gasteiger charge is 2.13. The van der Waals surface area contributed by atoms with Gasteiger partial charge in [0.25, 0.3) is 0 Å². The first-order valence-electron chi connectivity index (χ1n) is 7.23. The summed E-state index contributed by atoms with van der Waals surface area (Å²) in [6.07, 6.45) is 7.51. The van der Waals surface area contributed by atoms with Gasteiger partial charge in [-0.2, -0.15) is 0 Å². The number of pyridine rings is 2. The molecule has 3 rings (SSSR count). The largest absolute Gasteiger partial charge is 0.330 e. The second-order valence-corrected chi connectivity index (χ2v) is 5.18. The van der Waals surface area contributed by atoms with Gasteiger partial charge in [0, 0.05) is 30.7 Å². The van der Waals surface area contributed by atoms with Gasteiger partial charge < -0.3 is 10.3 Å². The number of nitrogens with two attached hydrogens (primary N) is 1. The molecule has 108 valence electrons. The summed E-state index contributed by atoms with van der Waals surface area (Å²) in [6.45, 7) is 3.61. The molecule has 0 aliphatic rings. The van der Waals surface area contributed by atoms with Crippen LogP contribution in [0.4, 0.5) is 0 Å². The molecular formula is C16H19N5. The molecule has 3 aromatic rings. The van der Waals surface area contributed by atoms with Crippen molar-refractivity contribution in [2.45, 2.75) is 26.3 Å². The van der Waals surface area contributed by atoms with Gasteiger partial charge in [-0.05, 0) is 50.1 Å². The molecule has 3 aromatic heterocycles. The highest BCUT2D eigenvalue weighted by atomic mass is 15.1. The topological polar surface area (TPSA) is 69.6 Å². The molecule has 0 aromatic carbocycles. The van der Waals surface area contributed by atoms with Crippen LogP contribution < -0.4 is 5.73 Å². The fourth-order valence-electron chi connectivity index (χ4n) is 2.45. The minimum absolute atomic E-state index is 0.710. The first kappa shape index (κ1) is 13.7. The van der Waals surface area contributed by atoms with Gasteiger partial charge in [0.1, 0.15) is 11.3 Å². The highest BCUT2D eigenvalue weighted by Crippen LogP contribution is 2.24. The van der Waals surface area contributed by atoms with Gasteiger partial charge in [0.15, 0.2) is 5.65 Å². The summed E-state index contributed by atoms with van der Waals surface area (Å²) >= 11 is 0. The van der Waals surface area contributed by atoms with E-state index < -0.39 is 0 Å². The number of aromatic nitrogens is 4. The van der Waals surface area contributed by atoms with Gasteiger partial charge in [0.2, 0.25) is 0 Å². The number of hydrogen-bond acceptors (Lipinski definition) is 4. The van der Waals surface area contributed by atoms with E-state index in [0.29, 0.717) is 6.54 Å². The molecule has 0 bridgehead atoms. The number of unbranched alkanes of at least 4 members (excludes halogenated alkanes) is 1. The van der Waals surface area contributed by atoms with Crippen LogP contribution in [0.5, 0.6) is 0 Å². The van der Waals surface area contributed by atoms with E-state index in [2.05, 4.69) is 20.6 Å². The summed E-state index contributed by atoms with van der Waals surface area (Å²) in [6, 6.07) is 6.03. The zero-order valence-electron chi connectivity index (χ0n) is 12.2. The minimum Gasteiger partial charge on any atom is -0.330 e. The van der Waals surface area contributed by atoms with Crippen molar-refractivity contribution >= 4 is 11.2 Å². The lowest BCUT2D eigenvalue weighted by Crippen LogP contribution is -2.05. The molecule has 0 unspecified atom stereocenters. The van der Waals surface area contributed by atoms with Gasteiger partial charge in [-0.25, -0.2) is 9.97 Å². The van der Waals surface area contributed by atoms with E-state index in [1.807, 2.05) is 31.5 Å². The number of aryl methyl sites for hydroxylation is 2. The number of hydrogen-bond donors (Lipinski definition) is 1. The average Bonchev–Trinajstić information content (AvgIpc) is 2.86. The Balaban J connectivity index is 2.10. The summed E-state index contributed by atoms with van der Waals surface area (Å²) in [5.74, 6) is 0.924. The van der Waals surface area contributed by atoms with Crippen molar-refractivity contribution in [1.29, 1.82) is 0 Å². The Morgan fingerprint density at radius 3 is 2.90 bits per heavy atom. The van der Waals surface area contributed by atoms with Crippen LogP contribution in [0.15, 0.2) is 36.8 Å². The number of fused-ring (bicyclic) bond motifs is 1. The summed E-state index contributed by atoms with van der Waals surface area (Å²) in [7, 11) is 0. The maximum atomic E-state index is 5.60. The molecule has 0 aliphatic carbocycles. The quantitative estimate of drug-likeness (QED) is 0.730. The molecule has 0 saturated heterocycles. The van der Waals surface area contributed by atoms with Gasteiger partial charge in [0.05, 0.1) is 0 Å². The van der Waals surface area contributed by atoms with E-state index in [0.717, 1.165) is 47.5 Å². The van der Waals surface area contributed by atoms with Crippen molar-refractivity contribution in [3.63, 3.8) is 0 Å². The SMILES string of the molecule is Cc1cnc2c(c1)nc(-c1cccnc1)n2CCCCN. The maximum absolute atomic E-state index is 5.60. The molecule has 2 N–H and O–H groups in total. The smallest absolute Gasteiger partial charge is 0.160 e. The molecule has 0 saturated carbocycles. The Morgan fingerprint density at radius 1 is 1.24 bits per heavy atom. The van der Waals surface area contributed by atoms with E-state index in [1.54, 1.807) is 6.20 Å². The fourth-order valence-corrected chi connectivity index (χ4v) is 2.45. The third kappa shape index (κ3) is 2.78. The van der Waals surface area contributed by atoms with Gasteiger partial charge in [-0.3, -0.25) is 4.98 Å². The molecule has 0 atom stereocenters. The Kier molecular flexibility index (Phi) is 3.92. The van der Waals surface area contributed by atoms with Crippen molar-refractivity contribution in [1.82, 2.24) is 19.5 Å². The maximum Gasteiger partial charge on any atom is 0.160 e. The highest BCUT2D eigenvalue weighted by molar-refractivity contribution is 5.77. The van der Waals surface area contributed by atoms with Crippen molar-refractivity contribution in [2.75, 3.05) is 6.54 Å². The van der Waals surface area contributed by atoms with Crippen molar-refractivity contribution in [2.24, 2.45) is 5.73 Å². The van der Waals surface area contributed by atoms with Crippen LogP contribution in [0, 0.1) is 6.92 Å². The van der Waals surface area contributed by atoms with Crippen LogP contribution in [0.2, 0.25) is 0 Å². The van der Waals surface area contributed by atoms with Crippen LogP contribution in [-0.4, -0.2) is 26.1 Å². The normalized spacial score (nSPS) is 11.1. The summed E-state index contributed by atoms with van der Waals surface area (Å²) in [4.78, 5) is 13.5. The molecule has 0 amide bonds. The van der Waals surface area contributed by atoms with Crippen LogP contribution in [0.3, 0.4) is 0 Å². The van der Waals surface area contributed by atoms with E-state index >= 15 is 0 Å². The number of imidazole rings is 1. The Hall–Kier alpha value is -2.27. The molecule has 5 nitrogen and oxygen atoms in total. The zero-order chi connectivity index (χ0) is 14.7. The van der Waals surface area contributed by atoms with Crippen LogP contribution in [0.25, 0.3) is 22.6 Å². The predicted molar refractivity (Wildman–Crippen MR) is 83.8 cm³/mol. The van der Waals surface area contributed by atoms with Crippen LogP contribution in [0.1, 0.15) is 18.4 Å². The summed E-state index contributed by atoms with van der Waals surface area (Å²) in [5.41, 5.74) is 9.59. The Labute approximate surface area is 123 Å². The first-order chi connectivity index (χ1) is 10.3. The van der Waals surface area contributed by atoms with E-state index in [4.69, 9.17) is 10.7 Å². The fraction of sp³-hybridized carbons (Fsp3) is 0.312. The first-order valence-corrected chi connectivity index (χ1v) is 7.23. The molecule has 0 spiro atoms. The molecule has 0 aliphatic heterocycles. The zero-order valence-corrected chi connectivity index (χ0v) is 12.2. The Morgan fingerprint density at radius 2 is 2.14 bits per heavy atom. The third-order valence-corrected chi connectivity index (χ3v) is 3.48. The molecular weight excluding hydrogens is 262 g/mol. The lowest BCUT2D eigenvalue weighted by atomic mass is 10.2. The van der Waals surface area contributed by atoms with E-state index in [9.17, 15) is 0 Å².